The second-order valence-electron chi connectivity index (χ2n) is 5.72. The zero-order valence-corrected chi connectivity index (χ0v) is 13.6. The van der Waals surface area contributed by atoms with Crippen molar-refractivity contribution >= 4 is 0 Å². The van der Waals surface area contributed by atoms with Crippen molar-refractivity contribution in [3.8, 4) is 17.0 Å². The molecule has 1 unspecified atom stereocenters. The molecular weight excluding hydrogens is 347 g/mol. The Bertz CT molecular complexity index is 931. The van der Waals surface area contributed by atoms with E-state index in [4.69, 9.17) is 0 Å². The van der Waals surface area contributed by atoms with Crippen LogP contribution < -0.4 is 0 Å². The van der Waals surface area contributed by atoms with E-state index >= 15 is 0 Å². The molecule has 3 aromatic rings. The minimum absolute atomic E-state index is 0.121. The van der Waals surface area contributed by atoms with Crippen LogP contribution in [-0.2, 0) is 6.18 Å². The van der Waals surface area contributed by atoms with Crippen LogP contribution in [0.1, 0.15) is 28.5 Å². The van der Waals surface area contributed by atoms with Gasteiger partial charge in [0.25, 0.3) is 0 Å². The summed E-state index contributed by atoms with van der Waals surface area (Å²) in [5.41, 5.74) is 0.785. The molecule has 0 spiro atoms. The number of hydrogen-bond acceptors (Lipinski definition) is 5. The van der Waals surface area contributed by atoms with E-state index in [2.05, 4.69) is 15.2 Å². The van der Waals surface area contributed by atoms with Crippen LogP contribution in [0, 0.1) is 6.92 Å². The van der Waals surface area contributed by atoms with E-state index in [-0.39, 0.29) is 11.3 Å². The Labute approximate surface area is 146 Å². The Balaban J connectivity index is 1.95. The number of nitrogens with zero attached hydrogens (tertiary/aromatic N) is 3. The van der Waals surface area contributed by atoms with Gasteiger partial charge in [-0.25, -0.2) is 0 Å². The molecule has 0 fully saturated rings. The van der Waals surface area contributed by atoms with E-state index in [1.165, 1.54) is 6.20 Å². The summed E-state index contributed by atoms with van der Waals surface area (Å²) in [6.45, 7) is 1.69. The third-order valence-electron chi connectivity index (χ3n) is 3.88. The van der Waals surface area contributed by atoms with E-state index < -0.39 is 23.6 Å². The maximum Gasteiger partial charge on any atom is 0.416 e. The number of hydrogen-bond donors (Lipinski definition) is 2. The first-order valence-electron chi connectivity index (χ1n) is 7.60. The number of aliphatic hydroxyl groups excluding tert-OH is 1. The minimum Gasteiger partial charge on any atom is -0.507 e. The monoisotopic (exact) mass is 361 g/mol. The normalized spacial score (nSPS) is 12.8. The fraction of sp³-hybridized carbons (Fsp3) is 0.167. The van der Waals surface area contributed by atoms with E-state index in [1.807, 2.05) is 0 Å². The van der Waals surface area contributed by atoms with Gasteiger partial charge in [-0.1, -0.05) is 6.07 Å². The van der Waals surface area contributed by atoms with Crippen molar-refractivity contribution in [1.82, 2.24) is 15.2 Å². The van der Waals surface area contributed by atoms with Gasteiger partial charge in [0, 0.05) is 23.5 Å². The summed E-state index contributed by atoms with van der Waals surface area (Å²) in [6.07, 6.45) is -2.51. The molecule has 0 radical (unpaired) electrons. The van der Waals surface area contributed by atoms with Crippen LogP contribution in [-0.4, -0.2) is 25.4 Å². The van der Waals surface area contributed by atoms with Crippen LogP contribution >= 0.6 is 0 Å². The lowest BCUT2D eigenvalue weighted by molar-refractivity contribution is -0.137. The van der Waals surface area contributed by atoms with Crippen molar-refractivity contribution in [3.05, 3.63) is 71.2 Å². The lowest BCUT2D eigenvalue weighted by Gasteiger charge is -2.14. The number of halogens is 3. The van der Waals surface area contributed by atoms with E-state index in [0.29, 0.717) is 22.9 Å². The van der Waals surface area contributed by atoms with Crippen LogP contribution in [0.15, 0.2) is 48.8 Å². The number of aromatic hydroxyl groups is 1. The van der Waals surface area contributed by atoms with Crippen molar-refractivity contribution < 1.29 is 23.4 Å². The van der Waals surface area contributed by atoms with E-state index in [0.717, 1.165) is 12.1 Å². The first-order valence-corrected chi connectivity index (χ1v) is 7.60. The maximum atomic E-state index is 12.7. The number of phenolic OH excluding ortho intramolecular Hbond substituents is 1. The lowest BCUT2D eigenvalue weighted by atomic mass is 10.0. The van der Waals surface area contributed by atoms with Gasteiger partial charge in [0.1, 0.15) is 11.9 Å². The van der Waals surface area contributed by atoms with Gasteiger partial charge in [0.2, 0.25) is 0 Å². The lowest BCUT2D eigenvalue weighted by Crippen LogP contribution is -2.07. The summed E-state index contributed by atoms with van der Waals surface area (Å²) in [6, 6.07) is 7.56. The van der Waals surface area contributed by atoms with Crippen LogP contribution in [0.2, 0.25) is 0 Å². The molecule has 2 heterocycles. The molecule has 2 N–H and O–H groups in total. The predicted molar refractivity (Wildman–Crippen MR) is 87.2 cm³/mol. The third kappa shape index (κ3) is 3.50. The molecule has 0 amide bonds. The van der Waals surface area contributed by atoms with Crippen molar-refractivity contribution in [3.63, 3.8) is 0 Å². The molecule has 26 heavy (non-hydrogen) atoms. The van der Waals surface area contributed by atoms with Gasteiger partial charge in [-0.3, -0.25) is 4.98 Å². The fourth-order valence-electron chi connectivity index (χ4n) is 2.52. The Kier molecular flexibility index (Phi) is 4.60. The van der Waals surface area contributed by atoms with Gasteiger partial charge in [-0.15, -0.1) is 5.10 Å². The largest absolute Gasteiger partial charge is 0.507 e. The molecule has 3 rings (SSSR count). The molecule has 8 heteroatoms. The summed E-state index contributed by atoms with van der Waals surface area (Å²) in [4.78, 5) is 3.93. The number of rotatable bonds is 3. The van der Waals surface area contributed by atoms with Crippen molar-refractivity contribution in [2.45, 2.75) is 19.2 Å². The molecule has 0 saturated heterocycles. The molecule has 1 atom stereocenters. The molecule has 0 aliphatic heterocycles. The third-order valence-corrected chi connectivity index (χ3v) is 3.88. The summed E-state index contributed by atoms with van der Waals surface area (Å²) in [5, 5.41) is 28.2. The smallest absolute Gasteiger partial charge is 0.416 e. The van der Waals surface area contributed by atoms with Crippen molar-refractivity contribution in [2.24, 2.45) is 0 Å². The average Bonchev–Trinajstić information content (AvgIpc) is 2.61. The summed E-state index contributed by atoms with van der Waals surface area (Å²) < 4.78 is 38.1. The van der Waals surface area contributed by atoms with Gasteiger partial charge in [0.15, 0.2) is 0 Å². The van der Waals surface area contributed by atoms with Gasteiger partial charge in [-0.2, -0.15) is 18.3 Å². The highest BCUT2D eigenvalue weighted by Gasteiger charge is 2.31. The number of aryl methyl sites for hydroxylation is 1. The van der Waals surface area contributed by atoms with Crippen LogP contribution in [0.4, 0.5) is 13.2 Å². The van der Waals surface area contributed by atoms with Crippen LogP contribution in [0.5, 0.6) is 5.75 Å². The Morgan fingerprint density at radius 2 is 1.85 bits per heavy atom. The first kappa shape index (κ1) is 17.8. The van der Waals surface area contributed by atoms with Gasteiger partial charge >= 0.3 is 6.18 Å². The summed E-state index contributed by atoms with van der Waals surface area (Å²) in [7, 11) is 0. The molecule has 0 bridgehead atoms. The molecule has 0 aliphatic carbocycles. The topological polar surface area (TPSA) is 79.1 Å². The van der Waals surface area contributed by atoms with E-state index in [9.17, 15) is 23.4 Å². The zero-order valence-electron chi connectivity index (χ0n) is 13.6. The molecule has 0 aliphatic rings. The molecule has 134 valence electrons. The average molecular weight is 361 g/mol. The minimum atomic E-state index is -4.55. The number of aromatic nitrogens is 3. The number of benzene rings is 1. The maximum absolute atomic E-state index is 12.7. The van der Waals surface area contributed by atoms with Crippen LogP contribution in [0.25, 0.3) is 11.3 Å². The Morgan fingerprint density at radius 3 is 2.42 bits per heavy atom. The number of aliphatic hydroxyl groups is 1. The number of alkyl halides is 3. The molecule has 1 aromatic carbocycles. The quantitative estimate of drug-likeness (QED) is 0.744. The van der Waals surface area contributed by atoms with Crippen LogP contribution in [0.3, 0.4) is 0 Å². The number of phenols is 1. The zero-order chi connectivity index (χ0) is 18.9. The molecular formula is C18H14F3N3O2. The Hall–Kier alpha value is -3.00. The first-order chi connectivity index (χ1) is 12.3. The van der Waals surface area contributed by atoms with Gasteiger partial charge in [0.05, 0.1) is 17.0 Å². The molecule has 2 aromatic heterocycles. The standard InChI is InChI=1S/C18H14F3N3O2/c1-10-7-14(13-5-4-12(8-15(13)25)18(19,20)21)23-24-16(10)17(26)11-3-2-6-22-9-11/h2-9,17,25-26H,1H3. The Morgan fingerprint density at radius 1 is 1.08 bits per heavy atom. The van der Waals surface area contributed by atoms with E-state index in [1.54, 1.807) is 31.3 Å². The fourth-order valence-corrected chi connectivity index (χ4v) is 2.52. The van der Waals surface area contributed by atoms with Crippen molar-refractivity contribution in [2.75, 3.05) is 0 Å². The second kappa shape index (κ2) is 6.72. The SMILES string of the molecule is Cc1cc(-c2ccc(C(F)(F)F)cc2O)nnc1C(O)c1cccnc1. The van der Waals surface area contributed by atoms with Gasteiger partial charge < -0.3 is 10.2 Å². The highest BCUT2D eigenvalue weighted by molar-refractivity contribution is 5.67. The molecule has 5 nitrogen and oxygen atoms in total. The highest BCUT2D eigenvalue weighted by atomic mass is 19.4. The molecule has 0 saturated carbocycles. The summed E-state index contributed by atoms with van der Waals surface area (Å²) >= 11 is 0. The van der Waals surface area contributed by atoms with Gasteiger partial charge in [-0.05, 0) is 42.8 Å². The second-order valence-corrected chi connectivity index (χ2v) is 5.72. The highest BCUT2D eigenvalue weighted by Crippen LogP contribution is 2.36. The summed E-state index contributed by atoms with van der Waals surface area (Å²) in [5.74, 6) is -0.547. The predicted octanol–water partition coefficient (Wildman–Crippen LogP) is 3.65. The van der Waals surface area contributed by atoms with Crippen molar-refractivity contribution in [1.29, 1.82) is 0 Å². The number of pyridine rings is 1.